The van der Waals surface area contributed by atoms with Crippen LogP contribution in [-0.4, -0.2) is 15.1 Å². The Hall–Kier alpha value is -1.82. The first-order chi connectivity index (χ1) is 7.66. The van der Waals surface area contributed by atoms with Crippen molar-refractivity contribution in [3.63, 3.8) is 0 Å². The molecule has 0 aromatic carbocycles. The van der Waals surface area contributed by atoms with Crippen molar-refractivity contribution in [3.05, 3.63) is 39.2 Å². The quantitative estimate of drug-likeness (QED) is 0.846. The van der Waals surface area contributed by atoms with Gasteiger partial charge in [0.15, 0.2) is 5.82 Å². The van der Waals surface area contributed by atoms with Crippen LogP contribution in [0.15, 0.2) is 21.7 Å². The summed E-state index contributed by atoms with van der Waals surface area (Å²) in [5.41, 5.74) is 0.339. The summed E-state index contributed by atoms with van der Waals surface area (Å²) in [6.07, 6.45) is 1.28. The minimum Gasteiger partial charge on any atom is -0.363 e. The van der Waals surface area contributed by atoms with Crippen LogP contribution < -0.4 is 10.9 Å². The molecule has 6 nitrogen and oxygen atoms in total. The number of aryl methyl sites for hydroxylation is 1. The summed E-state index contributed by atoms with van der Waals surface area (Å²) in [5.74, 6) is 1.05. The Labute approximate surface area is 95.6 Å². The van der Waals surface area contributed by atoms with Gasteiger partial charge in [-0.2, -0.15) is 0 Å². The molecule has 2 rings (SSSR count). The Kier molecular flexibility index (Phi) is 2.91. The third-order valence-corrected chi connectivity index (χ3v) is 2.26. The second-order valence-corrected chi connectivity index (χ2v) is 3.55. The van der Waals surface area contributed by atoms with E-state index in [0.29, 0.717) is 12.4 Å². The van der Waals surface area contributed by atoms with Crippen LogP contribution in [0, 0.1) is 6.92 Å². The first-order valence-electron chi connectivity index (χ1n) is 4.56. The van der Waals surface area contributed by atoms with Gasteiger partial charge in [-0.3, -0.25) is 4.79 Å². The number of nitrogens with one attached hydrogen (secondary N) is 2. The molecule has 0 aliphatic carbocycles. The molecule has 0 saturated heterocycles. The highest BCUT2D eigenvalue weighted by molar-refractivity contribution is 6.32. The smallest absolute Gasteiger partial charge is 0.271 e. The number of anilines is 1. The van der Waals surface area contributed by atoms with E-state index in [0.717, 1.165) is 11.5 Å². The van der Waals surface area contributed by atoms with Crippen molar-refractivity contribution in [1.29, 1.82) is 0 Å². The molecule has 16 heavy (non-hydrogen) atoms. The van der Waals surface area contributed by atoms with Crippen molar-refractivity contribution in [2.45, 2.75) is 13.5 Å². The van der Waals surface area contributed by atoms with Crippen molar-refractivity contribution in [1.82, 2.24) is 15.1 Å². The molecule has 0 bridgehead atoms. The van der Waals surface area contributed by atoms with Crippen molar-refractivity contribution < 1.29 is 4.52 Å². The SMILES string of the molecule is Cc1cc(CNc2nc[nH]c(=O)c2Cl)no1. The van der Waals surface area contributed by atoms with E-state index in [9.17, 15) is 4.79 Å². The molecule has 0 spiro atoms. The molecule has 0 unspecified atom stereocenters. The summed E-state index contributed by atoms with van der Waals surface area (Å²) >= 11 is 5.75. The second kappa shape index (κ2) is 4.36. The number of rotatable bonds is 3. The maximum Gasteiger partial charge on any atom is 0.271 e. The number of hydrogen-bond donors (Lipinski definition) is 2. The molecule has 0 radical (unpaired) electrons. The Bertz CT molecular complexity index is 548. The lowest BCUT2D eigenvalue weighted by atomic mass is 10.4. The molecule has 0 amide bonds. The van der Waals surface area contributed by atoms with Crippen LogP contribution in [0.2, 0.25) is 5.02 Å². The lowest BCUT2D eigenvalue weighted by Gasteiger charge is -2.03. The largest absolute Gasteiger partial charge is 0.363 e. The van der Waals surface area contributed by atoms with Crippen molar-refractivity contribution in [2.75, 3.05) is 5.32 Å². The summed E-state index contributed by atoms with van der Waals surface area (Å²) in [6.45, 7) is 2.20. The third kappa shape index (κ3) is 2.22. The zero-order valence-electron chi connectivity index (χ0n) is 8.45. The molecule has 0 aliphatic heterocycles. The van der Waals surface area contributed by atoms with Crippen molar-refractivity contribution in [3.8, 4) is 0 Å². The van der Waals surface area contributed by atoms with Gasteiger partial charge in [0.2, 0.25) is 0 Å². The summed E-state index contributed by atoms with van der Waals surface area (Å²) in [4.78, 5) is 17.4. The zero-order valence-corrected chi connectivity index (χ0v) is 9.21. The fourth-order valence-corrected chi connectivity index (χ4v) is 1.35. The number of H-pyrrole nitrogens is 1. The first kappa shape index (κ1) is 10.7. The van der Waals surface area contributed by atoms with Crippen LogP contribution in [-0.2, 0) is 6.54 Å². The van der Waals surface area contributed by atoms with Gasteiger partial charge >= 0.3 is 0 Å². The molecule has 2 aromatic heterocycles. The first-order valence-corrected chi connectivity index (χ1v) is 4.94. The third-order valence-electron chi connectivity index (χ3n) is 1.91. The number of hydrogen-bond acceptors (Lipinski definition) is 5. The molecule has 0 aliphatic rings. The van der Waals surface area contributed by atoms with E-state index in [4.69, 9.17) is 16.1 Å². The maximum atomic E-state index is 11.2. The zero-order chi connectivity index (χ0) is 11.5. The van der Waals surface area contributed by atoms with Crippen LogP contribution in [0.3, 0.4) is 0 Å². The molecule has 0 atom stereocenters. The number of nitrogens with zero attached hydrogens (tertiary/aromatic N) is 2. The lowest BCUT2D eigenvalue weighted by molar-refractivity contribution is 0.391. The lowest BCUT2D eigenvalue weighted by Crippen LogP contribution is -2.11. The highest BCUT2D eigenvalue weighted by Gasteiger charge is 2.06. The summed E-state index contributed by atoms with van der Waals surface area (Å²) in [5, 5.41) is 6.72. The normalized spacial score (nSPS) is 10.4. The van der Waals surface area contributed by atoms with E-state index in [2.05, 4.69) is 20.4 Å². The van der Waals surface area contributed by atoms with Crippen LogP contribution >= 0.6 is 11.6 Å². The Balaban J connectivity index is 2.10. The molecule has 2 heterocycles. The number of halogens is 1. The Morgan fingerprint density at radius 1 is 1.62 bits per heavy atom. The molecule has 0 fully saturated rings. The minimum atomic E-state index is -0.379. The monoisotopic (exact) mass is 240 g/mol. The van der Waals surface area contributed by atoms with E-state index < -0.39 is 0 Å². The number of aromatic amines is 1. The van der Waals surface area contributed by atoms with E-state index in [1.54, 1.807) is 13.0 Å². The van der Waals surface area contributed by atoms with Gasteiger partial charge in [-0.1, -0.05) is 16.8 Å². The van der Waals surface area contributed by atoms with Gasteiger partial charge in [-0.05, 0) is 6.92 Å². The minimum absolute atomic E-state index is 0.0303. The Morgan fingerprint density at radius 2 is 2.44 bits per heavy atom. The maximum absolute atomic E-state index is 11.2. The van der Waals surface area contributed by atoms with E-state index >= 15 is 0 Å². The predicted octanol–water partition coefficient (Wildman–Crippen LogP) is 1.33. The average Bonchev–Trinajstić information content (AvgIpc) is 2.67. The van der Waals surface area contributed by atoms with Gasteiger partial charge in [-0.25, -0.2) is 4.98 Å². The molecule has 0 saturated carbocycles. The van der Waals surface area contributed by atoms with Gasteiger partial charge in [0.05, 0.1) is 12.9 Å². The molecule has 7 heteroatoms. The summed E-state index contributed by atoms with van der Waals surface area (Å²) in [6, 6.07) is 1.79. The highest BCUT2D eigenvalue weighted by Crippen LogP contribution is 2.13. The summed E-state index contributed by atoms with van der Waals surface area (Å²) < 4.78 is 4.90. The predicted molar refractivity (Wildman–Crippen MR) is 58.4 cm³/mol. The topological polar surface area (TPSA) is 83.8 Å². The highest BCUT2D eigenvalue weighted by atomic mass is 35.5. The van der Waals surface area contributed by atoms with Crippen LogP contribution in [0.25, 0.3) is 0 Å². The number of aromatic nitrogens is 3. The molecular formula is C9H9ClN4O2. The van der Waals surface area contributed by atoms with Gasteiger partial charge < -0.3 is 14.8 Å². The average molecular weight is 241 g/mol. The molecular weight excluding hydrogens is 232 g/mol. The fraction of sp³-hybridized carbons (Fsp3) is 0.222. The second-order valence-electron chi connectivity index (χ2n) is 3.18. The van der Waals surface area contributed by atoms with Gasteiger partial charge in [0.25, 0.3) is 5.56 Å². The molecule has 2 N–H and O–H groups in total. The molecule has 84 valence electrons. The summed E-state index contributed by atoms with van der Waals surface area (Å²) in [7, 11) is 0. The van der Waals surface area contributed by atoms with Crippen molar-refractivity contribution >= 4 is 17.4 Å². The standard InChI is InChI=1S/C9H9ClN4O2/c1-5-2-6(14-16-5)3-11-8-7(10)9(15)13-4-12-8/h2,4H,3H2,1H3,(H2,11,12,13,15). The van der Waals surface area contributed by atoms with E-state index in [1.807, 2.05) is 0 Å². The van der Waals surface area contributed by atoms with E-state index in [1.165, 1.54) is 6.33 Å². The van der Waals surface area contributed by atoms with Crippen LogP contribution in [0.4, 0.5) is 5.82 Å². The van der Waals surface area contributed by atoms with E-state index in [-0.39, 0.29) is 10.6 Å². The van der Waals surface area contributed by atoms with Crippen molar-refractivity contribution in [2.24, 2.45) is 0 Å². The Morgan fingerprint density at radius 3 is 3.12 bits per heavy atom. The van der Waals surface area contributed by atoms with Gasteiger partial charge in [0, 0.05) is 6.07 Å². The van der Waals surface area contributed by atoms with Gasteiger partial charge in [0.1, 0.15) is 16.5 Å². The molecule has 2 aromatic rings. The van der Waals surface area contributed by atoms with Crippen LogP contribution in [0.1, 0.15) is 11.5 Å². The van der Waals surface area contributed by atoms with Gasteiger partial charge in [-0.15, -0.1) is 0 Å². The fourth-order valence-electron chi connectivity index (χ4n) is 1.18. The van der Waals surface area contributed by atoms with Crippen LogP contribution in [0.5, 0.6) is 0 Å².